The molecule has 1 atom stereocenters. The quantitative estimate of drug-likeness (QED) is 0.844. The Bertz CT molecular complexity index is 439. The van der Waals surface area contributed by atoms with Gasteiger partial charge in [-0.25, -0.2) is 0 Å². The molecule has 21 heavy (non-hydrogen) atoms. The van der Waals surface area contributed by atoms with E-state index >= 15 is 0 Å². The Morgan fingerprint density at radius 2 is 2.14 bits per heavy atom. The standard InChI is InChI=1S/C17H26N2O2/c1-2-10-19(13-15-4-3-9-18-12-15)17(21)11-14-5-7-16(20)8-6-14/h5-8,15,18,20H,2-4,9-13H2,1H3. The number of nitrogens with one attached hydrogen (secondary N) is 1. The van der Waals surface area contributed by atoms with E-state index in [1.807, 2.05) is 17.0 Å². The van der Waals surface area contributed by atoms with Crippen LogP contribution in [0.3, 0.4) is 0 Å². The summed E-state index contributed by atoms with van der Waals surface area (Å²) in [4.78, 5) is 14.5. The number of rotatable bonds is 6. The summed E-state index contributed by atoms with van der Waals surface area (Å²) in [7, 11) is 0. The molecule has 1 aliphatic rings. The molecular weight excluding hydrogens is 264 g/mol. The molecule has 1 aliphatic heterocycles. The topological polar surface area (TPSA) is 52.6 Å². The van der Waals surface area contributed by atoms with Gasteiger partial charge in [0.05, 0.1) is 6.42 Å². The molecule has 0 saturated carbocycles. The number of carbonyl (C=O) groups is 1. The lowest BCUT2D eigenvalue weighted by Crippen LogP contribution is -2.42. The Balaban J connectivity index is 1.92. The Morgan fingerprint density at radius 1 is 1.38 bits per heavy atom. The first-order valence-corrected chi connectivity index (χ1v) is 7.95. The molecule has 1 fully saturated rings. The van der Waals surface area contributed by atoms with Gasteiger partial charge in [0, 0.05) is 13.1 Å². The zero-order chi connectivity index (χ0) is 15.1. The Hall–Kier alpha value is -1.55. The SMILES string of the molecule is CCCN(CC1CCCNC1)C(=O)Cc1ccc(O)cc1. The molecule has 2 rings (SSSR count). The Labute approximate surface area is 127 Å². The fourth-order valence-electron chi connectivity index (χ4n) is 2.88. The third kappa shape index (κ3) is 5.05. The van der Waals surface area contributed by atoms with Crippen molar-refractivity contribution in [3.63, 3.8) is 0 Å². The van der Waals surface area contributed by atoms with Crippen molar-refractivity contribution in [3.8, 4) is 5.75 Å². The zero-order valence-corrected chi connectivity index (χ0v) is 12.8. The second-order valence-electron chi connectivity index (χ2n) is 5.90. The maximum atomic E-state index is 12.5. The number of nitrogens with zero attached hydrogens (tertiary/aromatic N) is 1. The highest BCUT2D eigenvalue weighted by Gasteiger charge is 2.20. The van der Waals surface area contributed by atoms with E-state index in [4.69, 9.17) is 0 Å². The maximum absolute atomic E-state index is 12.5. The third-order valence-corrected chi connectivity index (χ3v) is 4.02. The predicted octanol–water partition coefficient (Wildman–Crippen LogP) is 2.17. The molecule has 0 radical (unpaired) electrons. The van der Waals surface area contributed by atoms with Crippen LogP contribution in [0.25, 0.3) is 0 Å². The Kier molecular flexibility index (Phi) is 6.05. The van der Waals surface area contributed by atoms with E-state index in [1.165, 1.54) is 12.8 Å². The van der Waals surface area contributed by atoms with E-state index < -0.39 is 0 Å². The number of piperidine rings is 1. The van der Waals surface area contributed by atoms with Gasteiger partial charge in [-0.1, -0.05) is 19.1 Å². The van der Waals surface area contributed by atoms with E-state index in [-0.39, 0.29) is 11.7 Å². The van der Waals surface area contributed by atoms with Gasteiger partial charge < -0.3 is 15.3 Å². The first-order valence-electron chi connectivity index (χ1n) is 7.95. The van der Waals surface area contributed by atoms with Crippen molar-refractivity contribution < 1.29 is 9.90 Å². The van der Waals surface area contributed by atoms with Crippen molar-refractivity contribution in [3.05, 3.63) is 29.8 Å². The van der Waals surface area contributed by atoms with Crippen LogP contribution in [0, 0.1) is 5.92 Å². The van der Waals surface area contributed by atoms with Gasteiger partial charge in [0.15, 0.2) is 0 Å². The van der Waals surface area contributed by atoms with Gasteiger partial charge in [0.2, 0.25) is 5.91 Å². The van der Waals surface area contributed by atoms with Crippen molar-refractivity contribution in [1.82, 2.24) is 10.2 Å². The first kappa shape index (κ1) is 15.8. The number of amides is 1. The normalized spacial score (nSPS) is 18.4. The van der Waals surface area contributed by atoms with Gasteiger partial charge in [-0.15, -0.1) is 0 Å². The molecule has 1 aromatic carbocycles. The van der Waals surface area contributed by atoms with Crippen molar-refractivity contribution in [2.24, 2.45) is 5.92 Å². The van der Waals surface area contributed by atoms with Crippen molar-refractivity contribution in [2.45, 2.75) is 32.6 Å². The lowest BCUT2D eigenvalue weighted by Gasteiger charge is -2.30. The third-order valence-electron chi connectivity index (χ3n) is 4.02. The van der Waals surface area contributed by atoms with Gasteiger partial charge in [0.25, 0.3) is 0 Å². The minimum absolute atomic E-state index is 0.188. The van der Waals surface area contributed by atoms with Gasteiger partial charge in [-0.05, 0) is 56.0 Å². The molecule has 1 heterocycles. The minimum atomic E-state index is 0.188. The van der Waals surface area contributed by atoms with Gasteiger partial charge in [0.1, 0.15) is 5.75 Å². The lowest BCUT2D eigenvalue weighted by molar-refractivity contribution is -0.131. The second kappa shape index (κ2) is 8.03. The summed E-state index contributed by atoms with van der Waals surface area (Å²) >= 11 is 0. The van der Waals surface area contributed by atoms with Gasteiger partial charge >= 0.3 is 0 Å². The highest BCUT2D eigenvalue weighted by atomic mass is 16.3. The summed E-state index contributed by atoms with van der Waals surface area (Å²) in [5, 5.41) is 12.7. The fraction of sp³-hybridized carbons (Fsp3) is 0.588. The van der Waals surface area contributed by atoms with Crippen LogP contribution in [-0.2, 0) is 11.2 Å². The molecule has 2 N–H and O–H groups in total. The molecule has 1 unspecified atom stereocenters. The number of hydrogen-bond donors (Lipinski definition) is 2. The molecule has 0 spiro atoms. The number of hydrogen-bond acceptors (Lipinski definition) is 3. The summed E-state index contributed by atoms with van der Waals surface area (Å²) < 4.78 is 0. The van der Waals surface area contributed by atoms with E-state index in [0.29, 0.717) is 12.3 Å². The molecular formula is C17H26N2O2. The van der Waals surface area contributed by atoms with Crippen molar-refractivity contribution >= 4 is 5.91 Å². The molecule has 1 amide bonds. The number of phenolic OH excluding ortho intramolecular Hbond substituents is 1. The van der Waals surface area contributed by atoms with Gasteiger partial charge in [-0.2, -0.15) is 0 Å². The smallest absolute Gasteiger partial charge is 0.226 e. The van der Waals surface area contributed by atoms with Crippen LogP contribution in [0.5, 0.6) is 5.75 Å². The maximum Gasteiger partial charge on any atom is 0.226 e. The van der Waals surface area contributed by atoms with E-state index in [9.17, 15) is 9.90 Å². The summed E-state index contributed by atoms with van der Waals surface area (Å²) in [6.45, 7) is 5.92. The highest BCUT2D eigenvalue weighted by molar-refractivity contribution is 5.78. The van der Waals surface area contributed by atoms with Crippen LogP contribution in [0.15, 0.2) is 24.3 Å². The fourth-order valence-corrected chi connectivity index (χ4v) is 2.88. The number of aromatic hydroxyl groups is 1. The molecule has 1 aromatic rings. The zero-order valence-electron chi connectivity index (χ0n) is 12.8. The van der Waals surface area contributed by atoms with Crippen LogP contribution in [0.2, 0.25) is 0 Å². The summed E-state index contributed by atoms with van der Waals surface area (Å²) in [5.41, 5.74) is 0.959. The van der Waals surface area contributed by atoms with Crippen LogP contribution in [0.1, 0.15) is 31.7 Å². The van der Waals surface area contributed by atoms with Gasteiger partial charge in [-0.3, -0.25) is 4.79 Å². The number of carbonyl (C=O) groups excluding carboxylic acids is 1. The minimum Gasteiger partial charge on any atom is -0.508 e. The van der Waals surface area contributed by atoms with Crippen LogP contribution in [-0.4, -0.2) is 42.1 Å². The summed E-state index contributed by atoms with van der Waals surface area (Å²) in [5.74, 6) is 1.01. The van der Waals surface area contributed by atoms with Crippen molar-refractivity contribution in [1.29, 1.82) is 0 Å². The molecule has 0 aromatic heterocycles. The van der Waals surface area contributed by atoms with Crippen LogP contribution < -0.4 is 5.32 Å². The molecule has 1 saturated heterocycles. The average molecular weight is 290 g/mol. The lowest BCUT2D eigenvalue weighted by atomic mass is 9.98. The summed E-state index contributed by atoms with van der Waals surface area (Å²) in [6, 6.07) is 6.91. The molecule has 116 valence electrons. The second-order valence-corrected chi connectivity index (χ2v) is 5.90. The molecule has 4 heteroatoms. The predicted molar refractivity (Wildman–Crippen MR) is 84.3 cm³/mol. The molecule has 0 bridgehead atoms. The van der Waals surface area contributed by atoms with E-state index in [1.54, 1.807) is 12.1 Å². The van der Waals surface area contributed by atoms with E-state index in [2.05, 4.69) is 12.2 Å². The first-order chi connectivity index (χ1) is 10.2. The number of phenols is 1. The van der Waals surface area contributed by atoms with Crippen LogP contribution >= 0.6 is 0 Å². The monoisotopic (exact) mass is 290 g/mol. The molecule has 0 aliphatic carbocycles. The Morgan fingerprint density at radius 3 is 2.76 bits per heavy atom. The summed E-state index contributed by atoms with van der Waals surface area (Å²) in [6.07, 6.45) is 3.82. The van der Waals surface area contributed by atoms with Crippen LogP contribution in [0.4, 0.5) is 0 Å². The largest absolute Gasteiger partial charge is 0.508 e. The van der Waals surface area contributed by atoms with Crippen molar-refractivity contribution in [2.75, 3.05) is 26.2 Å². The molecule has 4 nitrogen and oxygen atoms in total. The van der Waals surface area contributed by atoms with E-state index in [0.717, 1.165) is 38.2 Å². The highest BCUT2D eigenvalue weighted by Crippen LogP contribution is 2.15. The average Bonchev–Trinajstić information content (AvgIpc) is 2.50. The number of benzene rings is 1.